The largest absolute Gasteiger partial charge is 0.465 e. The molecule has 2 aromatic rings. The highest BCUT2D eigenvalue weighted by molar-refractivity contribution is 5.77. The fourth-order valence-electron chi connectivity index (χ4n) is 2.94. The van der Waals surface area contributed by atoms with E-state index < -0.39 is 17.3 Å². The number of hydrogen-bond donors (Lipinski definition) is 1. The van der Waals surface area contributed by atoms with E-state index in [0.717, 1.165) is 4.57 Å². The van der Waals surface area contributed by atoms with Crippen LogP contribution in [0.4, 0.5) is 10.7 Å². The minimum Gasteiger partial charge on any atom is -0.465 e. The summed E-state index contributed by atoms with van der Waals surface area (Å²) in [6.07, 6.45) is 0.524. The van der Waals surface area contributed by atoms with E-state index in [2.05, 4.69) is 17.3 Å². The summed E-state index contributed by atoms with van der Waals surface area (Å²) in [6.45, 7) is 5.05. The molecule has 0 bridgehead atoms. The van der Waals surface area contributed by atoms with E-state index in [0.29, 0.717) is 32.1 Å². The van der Waals surface area contributed by atoms with Gasteiger partial charge in [0.25, 0.3) is 5.56 Å². The van der Waals surface area contributed by atoms with Crippen molar-refractivity contribution in [2.75, 3.05) is 31.1 Å². The van der Waals surface area contributed by atoms with E-state index in [1.54, 1.807) is 11.6 Å². The third-order valence-corrected chi connectivity index (χ3v) is 4.33. The first-order chi connectivity index (χ1) is 11.9. The second-order valence-corrected chi connectivity index (χ2v) is 5.75. The molecule has 1 aliphatic rings. The molecule has 25 heavy (non-hydrogen) atoms. The molecule has 0 spiro atoms. The van der Waals surface area contributed by atoms with Crippen LogP contribution in [0.3, 0.4) is 0 Å². The lowest BCUT2D eigenvalue weighted by Crippen LogP contribution is -2.49. The fraction of sp³-hybridized carbons (Fsp3) is 0.400. The molecule has 1 N–H and O–H groups in total. The molecule has 0 atom stereocenters. The van der Waals surface area contributed by atoms with E-state index in [4.69, 9.17) is 5.11 Å². The van der Waals surface area contributed by atoms with Crippen LogP contribution < -0.4 is 16.1 Å². The first kappa shape index (κ1) is 16.6. The lowest BCUT2D eigenvalue weighted by atomic mass is 10.3. The Morgan fingerprint density at radius 1 is 1.20 bits per heavy atom. The van der Waals surface area contributed by atoms with Crippen molar-refractivity contribution in [3.63, 3.8) is 0 Å². The summed E-state index contributed by atoms with van der Waals surface area (Å²) in [5, 5.41) is 9.06. The molecule has 1 amide bonds. The number of amides is 1. The van der Waals surface area contributed by atoms with Crippen LogP contribution in [0.2, 0.25) is 0 Å². The van der Waals surface area contributed by atoms with Crippen LogP contribution in [0, 0.1) is 0 Å². The summed E-state index contributed by atoms with van der Waals surface area (Å²) < 4.78 is 3.87. The van der Waals surface area contributed by atoms with Gasteiger partial charge in [0.2, 0.25) is 5.95 Å². The lowest BCUT2D eigenvalue weighted by molar-refractivity contribution is 0.142. The number of piperazine rings is 1. The van der Waals surface area contributed by atoms with Gasteiger partial charge >= 0.3 is 11.8 Å². The van der Waals surface area contributed by atoms with Gasteiger partial charge in [0.1, 0.15) is 0 Å². The predicted molar refractivity (Wildman–Crippen MR) is 91.9 cm³/mol. The summed E-state index contributed by atoms with van der Waals surface area (Å²) >= 11 is 0. The summed E-state index contributed by atoms with van der Waals surface area (Å²) in [4.78, 5) is 43.4. The molecule has 132 valence electrons. The highest BCUT2D eigenvalue weighted by Gasteiger charge is 2.26. The third-order valence-electron chi connectivity index (χ3n) is 4.33. The molecule has 3 heterocycles. The Bertz CT molecular complexity index is 1020. The molecule has 10 heteroatoms. The van der Waals surface area contributed by atoms with Crippen LogP contribution in [0.1, 0.15) is 0 Å². The Labute approximate surface area is 142 Å². The van der Waals surface area contributed by atoms with E-state index in [-0.39, 0.29) is 11.2 Å². The van der Waals surface area contributed by atoms with Crippen molar-refractivity contribution in [2.24, 2.45) is 14.1 Å². The Kier molecular flexibility index (Phi) is 3.97. The topological polar surface area (TPSA) is 106 Å². The molecule has 0 radical (unpaired) electrons. The Morgan fingerprint density at radius 2 is 1.84 bits per heavy atom. The van der Waals surface area contributed by atoms with Gasteiger partial charge in [-0.05, 0) is 0 Å². The molecule has 3 rings (SSSR count). The SMILES string of the molecule is C=C=Cn1c(N2CCN(C(=O)O)CC2)nc2c1c(=O)n(C)c(=O)n2C. The number of carboxylic acid groups (broad SMARTS) is 1. The number of hydrogen-bond acceptors (Lipinski definition) is 5. The van der Waals surface area contributed by atoms with Crippen molar-refractivity contribution >= 4 is 29.4 Å². The highest BCUT2D eigenvalue weighted by atomic mass is 16.4. The van der Waals surface area contributed by atoms with Crippen LogP contribution in [0.15, 0.2) is 21.9 Å². The van der Waals surface area contributed by atoms with Crippen LogP contribution in [-0.4, -0.2) is 61.0 Å². The molecule has 1 aliphatic heterocycles. The Hall–Kier alpha value is -3.26. The number of nitrogens with zero attached hydrogens (tertiary/aromatic N) is 6. The number of fused-ring (bicyclic) bond motifs is 1. The zero-order valence-electron chi connectivity index (χ0n) is 14.0. The maximum atomic E-state index is 12.6. The van der Waals surface area contributed by atoms with Crippen LogP contribution in [0.5, 0.6) is 0 Å². The van der Waals surface area contributed by atoms with Gasteiger partial charge in [-0.25, -0.2) is 9.59 Å². The van der Waals surface area contributed by atoms with Crippen LogP contribution >= 0.6 is 0 Å². The van der Waals surface area contributed by atoms with Gasteiger partial charge in [0, 0.05) is 40.3 Å². The predicted octanol–water partition coefficient (Wildman–Crippen LogP) is -0.511. The number of rotatable bonds is 2. The third kappa shape index (κ3) is 2.52. The standard InChI is InChI=1S/C15H18N6O4/c1-4-5-21-10-11(17(2)14(23)18(3)12(10)22)16-13(21)19-6-8-20(9-7-19)15(24)25/h5H,1,6-9H2,2-3H3,(H,24,25). The number of aromatic nitrogens is 4. The Morgan fingerprint density at radius 3 is 2.40 bits per heavy atom. The van der Waals surface area contributed by atoms with Gasteiger partial charge < -0.3 is 14.9 Å². The van der Waals surface area contributed by atoms with Gasteiger partial charge in [-0.15, -0.1) is 5.73 Å². The first-order valence-corrected chi connectivity index (χ1v) is 7.63. The van der Waals surface area contributed by atoms with Crippen LogP contribution in [-0.2, 0) is 14.1 Å². The summed E-state index contributed by atoms with van der Waals surface area (Å²) in [6, 6.07) is 0. The number of carbonyl (C=O) groups is 1. The highest BCUT2D eigenvalue weighted by Crippen LogP contribution is 2.21. The van der Waals surface area contributed by atoms with Gasteiger partial charge in [0.05, 0.1) is 6.20 Å². The average Bonchev–Trinajstić information content (AvgIpc) is 2.98. The number of imidazole rings is 1. The molecule has 0 saturated carbocycles. The van der Waals surface area contributed by atoms with Crippen molar-refractivity contribution in [3.8, 4) is 0 Å². The fourth-order valence-corrected chi connectivity index (χ4v) is 2.94. The molecule has 10 nitrogen and oxygen atoms in total. The maximum Gasteiger partial charge on any atom is 0.407 e. The number of anilines is 1. The van der Waals surface area contributed by atoms with E-state index in [1.165, 1.54) is 22.7 Å². The summed E-state index contributed by atoms with van der Waals surface area (Å²) in [7, 11) is 2.95. The second-order valence-electron chi connectivity index (χ2n) is 5.75. The summed E-state index contributed by atoms with van der Waals surface area (Å²) in [5.74, 6) is 0.453. The smallest absolute Gasteiger partial charge is 0.407 e. The minimum atomic E-state index is -0.963. The molecule has 0 unspecified atom stereocenters. The maximum absolute atomic E-state index is 12.6. The van der Waals surface area contributed by atoms with Gasteiger partial charge in [-0.2, -0.15) is 4.98 Å². The zero-order chi connectivity index (χ0) is 18.3. The average molecular weight is 346 g/mol. The zero-order valence-corrected chi connectivity index (χ0v) is 14.0. The minimum absolute atomic E-state index is 0.247. The van der Waals surface area contributed by atoms with E-state index >= 15 is 0 Å². The molecule has 1 saturated heterocycles. The van der Waals surface area contributed by atoms with Gasteiger partial charge in [-0.3, -0.25) is 18.5 Å². The Balaban J connectivity index is 2.18. The van der Waals surface area contributed by atoms with E-state index in [9.17, 15) is 14.4 Å². The van der Waals surface area contributed by atoms with E-state index in [1.807, 2.05) is 4.90 Å². The summed E-state index contributed by atoms with van der Waals surface area (Å²) in [5.41, 5.74) is 2.21. The molecule has 2 aromatic heterocycles. The number of aryl methyl sites for hydroxylation is 1. The quantitative estimate of drug-likeness (QED) is 0.734. The van der Waals surface area contributed by atoms with Crippen molar-refractivity contribution in [3.05, 3.63) is 33.1 Å². The van der Waals surface area contributed by atoms with Crippen molar-refractivity contribution in [1.29, 1.82) is 0 Å². The van der Waals surface area contributed by atoms with Crippen molar-refractivity contribution < 1.29 is 9.90 Å². The van der Waals surface area contributed by atoms with Crippen LogP contribution in [0.25, 0.3) is 17.4 Å². The molecule has 0 aromatic carbocycles. The molecular formula is C15H18N6O4. The second kappa shape index (κ2) is 5.99. The molecule has 0 aliphatic carbocycles. The first-order valence-electron chi connectivity index (χ1n) is 7.63. The van der Waals surface area contributed by atoms with Gasteiger partial charge in [-0.1, -0.05) is 6.58 Å². The van der Waals surface area contributed by atoms with Crippen molar-refractivity contribution in [2.45, 2.75) is 0 Å². The lowest BCUT2D eigenvalue weighted by Gasteiger charge is -2.33. The van der Waals surface area contributed by atoms with Gasteiger partial charge in [0.15, 0.2) is 11.2 Å². The molecular weight excluding hydrogens is 328 g/mol. The normalized spacial score (nSPS) is 14.6. The molecule has 1 fully saturated rings. The monoisotopic (exact) mass is 346 g/mol. The van der Waals surface area contributed by atoms with Crippen molar-refractivity contribution in [1.82, 2.24) is 23.6 Å².